The highest BCUT2D eigenvalue weighted by Crippen LogP contribution is 2.31. The number of hydrogen-bond donors (Lipinski definition) is 1. The minimum absolute atomic E-state index is 0.0620. The van der Waals surface area contributed by atoms with Crippen molar-refractivity contribution in [3.05, 3.63) is 57.9 Å². The quantitative estimate of drug-likeness (QED) is 0.393. The van der Waals surface area contributed by atoms with Gasteiger partial charge in [0.05, 0.1) is 4.92 Å². The van der Waals surface area contributed by atoms with E-state index in [9.17, 15) is 23.3 Å². The molecule has 0 radical (unpaired) electrons. The summed E-state index contributed by atoms with van der Waals surface area (Å²) in [6.07, 6.45) is 0. The number of rotatable bonds is 2. The Bertz CT molecular complexity index is 651. The predicted molar refractivity (Wildman–Crippen MR) is 62.8 cm³/mol. The highest BCUT2D eigenvalue weighted by molar-refractivity contribution is 5.78. The van der Waals surface area contributed by atoms with Gasteiger partial charge in [0.2, 0.25) is 0 Å². The van der Waals surface area contributed by atoms with Crippen molar-refractivity contribution in [1.82, 2.24) is 0 Å². The normalized spacial score (nSPS) is 10.5. The van der Waals surface area contributed by atoms with E-state index in [0.717, 1.165) is 24.3 Å². The molecule has 0 heterocycles. The van der Waals surface area contributed by atoms with Crippen LogP contribution in [0.2, 0.25) is 0 Å². The molecule has 0 saturated carbocycles. The van der Waals surface area contributed by atoms with Crippen LogP contribution in [0.4, 0.5) is 24.5 Å². The van der Waals surface area contributed by atoms with Crippen LogP contribution in [0.15, 0.2) is 30.3 Å². The number of non-ortho nitro benzene ring substituents is 1. The standard InChI is InChI=1S/C12H7F3N2O2/c13-9-3-6(4-10(14)12(9)15)8-5-7(17(18)19)1-2-11(8)16/h1-5H,16H2. The third kappa shape index (κ3) is 2.35. The van der Waals surface area contributed by atoms with Crippen LogP contribution in [-0.4, -0.2) is 4.92 Å². The molecule has 0 spiro atoms. The number of nitrogens with two attached hydrogens (primary N) is 1. The summed E-state index contributed by atoms with van der Waals surface area (Å²) in [7, 11) is 0. The summed E-state index contributed by atoms with van der Waals surface area (Å²) in [5.74, 6) is -4.38. The van der Waals surface area contributed by atoms with Gasteiger partial charge < -0.3 is 5.73 Å². The Hall–Kier alpha value is -2.57. The molecule has 2 aromatic rings. The Morgan fingerprint density at radius 3 is 2.16 bits per heavy atom. The zero-order valence-corrected chi connectivity index (χ0v) is 9.36. The van der Waals surface area contributed by atoms with Crippen molar-refractivity contribution in [2.75, 3.05) is 5.73 Å². The Morgan fingerprint density at radius 2 is 1.63 bits per heavy atom. The third-order valence-corrected chi connectivity index (χ3v) is 2.54. The fourth-order valence-electron chi connectivity index (χ4n) is 1.62. The molecular weight excluding hydrogens is 261 g/mol. The topological polar surface area (TPSA) is 69.2 Å². The molecule has 0 aliphatic rings. The number of halogens is 3. The molecule has 0 amide bonds. The van der Waals surface area contributed by atoms with Crippen molar-refractivity contribution in [3.8, 4) is 11.1 Å². The average molecular weight is 268 g/mol. The van der Waals surface area contributed by atoms with Gasteiger partial charge in [0.25, 0.3) is 5.69 Å². The molecule has 0 aromatic heterocycles. The maximum absolute atomic E-state index is 13.1. The largest absolute Gasteiger partial charge is 0.398 e. The number of nitrogens with zero attached hydrogens (tertiary/aromatic N) is 1. The second kappa shape index (κ2) is 4.60. The average Bonchev–Trinajstić information content (AvgIpc) is 2.35. The highest BCUT2D eigenvalue weighted by Gasteiger charge is 2.15. The van der Waals surface area contributed by atoms with Crippen molar-refractivity contribution in [2.24, 2.45) is 0 Å². The van der Waals surface area contributed by atoms with Crippen LogP contribution >= 0.6 is 0 Å². The molecule has 2 aromatic carbocycles. The minimum Gasteiger partial charge on any atom is -0.398 e. The summed E-state index contributed by atoms with van der Waals surface area (Å²) >= 11 is 0. The van der Waals surface area contributed by atoms with E-state index in [4.69, 9.17) is 5.73 Å². The molecule has 0 aliphatic heterocycles. The SMILES string of the molecule is Nc1ccc([N+](=O)[O-])cc1-c1cc(F)c(F)c(F)c1. The number of nitro benzene ring substituents is 1. The summed E-state index contributed by atoms with van der Waals surface area (Å²) in [6.45, 7) is 0. The van der Waals surface area contributed by atoms with Crippen LogP contribution < -0.4 is 5.73 Å². The molecule has 0 aliphatic carbocycles. The van der Waals surface area contributed by atoms with Crippen molar-refractivity contribution in [3.63, 3.8) is 0 Å². The molecular formula is C12H7F3N2O2. The molecule has 0 saturated heterocycles. The fraction of sp³-hybridized carbons (Fsp3) is 0. The Balaban J connectivity index is 2.64. The van der Waals surface area contributed by atoms with E-state index in [-0.39, 0.29) is 22.5 Å². The molecule has 19 heavy (non-hydrogen) atoms. The van der Waals surface area contributed by atoms with E-state index in [1.54, 1.807) is 0 Å². The summed E-state index contributed by atoms with van der Waals surface area (Å²) in [4.78, 5) is 9.97. The summed E-state index contributed by atoms with van der Waals surface area (Å²) in [5, 5.41) is 10.6. The lowest BCUT2D eigenvalue weighted by atomic mass is 10.0. The maximum Gasteiger partial charge on any atom is 0.270 e. The summed E-state index contributed by atoms with van der Waals surface area (Å²) < 4.78 is 39.1. The van der Waals surface area contributed by atoms with E-state index in [1.807, 2.05) is 0 Å². The first-order valence-electron chi connectivity index (χ1n) is 5.09. The predicted octanol–water partition coefficient (Wildman–Crippen LogP) is 3.26. The Morgan fingerprint density at radius 1 is 1.05 bits per heavy atom. The number of benzene rings is 2. The third-order valence-electron chi connectivity index (χ3n) is 2.54. The van der Waals surface area contributed by atoms with Gasteiger partial charge in [-0.1, -0.05) is 0 Å². The van der Waals surface area contributed by atoms with Crippen LogP contribution in [0.25, 0.3) is 11.1 Å². The van der Waals surface area contributed by atoms with Crippen LogP contribution in [0.1, 0.15) is 0 Å². The van der Waals surface area contributed by atoms with Gasteiger partial charge in [-0.3, -0.25) is 10.1 Å². The maximum atomic E-state index is 13.1. The van der Waals surface area contributed by atoms with Gasteiger partial charge in [0.1, 0.15) is 0 Å². The fourth-order valence-corrected chi connectivity index (χ4v) is 1.62. The van der Waals surface area contributed by atoms with Crippen molar-refractivity contribution in [1.29, 1.82) is 0 Å². The Labute approximate surface area is 105 Å². The second-order valence-corrected chi connectivity index (χ2v) is 3.78. The lowest BCUT2D eigenvalue weighted by molar-refractivity contribution is -0.384. The molecule has 7 heteroatoms. The molecule has 2 rings (SSSR count). The molecule has 2 N–H and O–H groups in total. The lowest BCUT2D eigenvalue weighted by Crippen LogP contribution is -1.96. The smallest absolute Gasteiger partial charge is 0.270 e. The van der Waals surface area contributed by atoms with E-state index in [0.29, 0.717) is 0 Å². The monoisotopic (exact) mass is 268 g/mol. The molecule has 0 fully saturated rings. The van der Waals surface area contributed by atoms with Crippen molar-refractivity contribution >= 4 is 11.4 Å². The van der Waals surface area contributed by atoms with Gasteiger partial charge >= 0.3 is 0 Å². The molecule has 98 valence electrons. The zero-order chi connectivity index (χ0) is 14.2. The first-order chi connectivity index (χ1) is 8.90. The van der Waals surface area contributed by atoms with Crippen LogP contribution in [0, 0.1) is 27.6 Å². The molecule has 0 bridgehead atoms. The lowest BCUT2D eigenvalue weighted by Gasteiger charge is -2.07. The van der Waals surface area contributed by atoms with Gasteiger partial charge in [-0.25, -0.2) is 13.2 Å². The molecule has 0 unspecified atom stereocenters. The van der Waals surface area contributed by atoms with Gasteiger partial charge in [-0.2, -0.15) is 0 Å². The Kier molecular flexibility index (Phi) is 3.12. The molecule has 4 nitrogen and oxygen atoms in total. The van der Waals surface area contributed by atoms with Gasteiger partial charge in [-0.05, 0) is 23.8 Å². The van der Waals surface area contributed by atoms with E-state index in [2.05, 4.69) is 0 Å². The second-order valence-electron chi connectivity index (χ2n) is 3.78. The summed E-state index contributed by atoms with van der Waals surface area (Å²) in [6, 6.07) is 4.94. The number of hydrogen-bond acceptors (Lipinski definition) is 3. The van der Waals surface area contributed by atoms with Gasteiger partial charge in [-0.15, -0.1) is 0 Å². The number of nitrogen functional groups attached to an aromatic ring is 1. The highest BCUT2D eigenvalue weighted by atomic mass is 19.2. The molecule has 0 atom stereocenters. The number of anilines is 1. The van der Waals surface area contributed by atoms with E-state index in [1.165, 1.54) is 6.07 Å². The number of nitro groups is 1. The van der Waals surface area contributed by atoms with Crippen molar-refractivity contribution < 1.29 is 18.1 Å². The van der Waals surface area contributed by atoms with Crippen LogP contribution in [0.5, 0.6) is 0 Å². The van der Waals surface area contributed by atoms with Gasteiger partial charge in [0.15, 0.2) is 17.5 Å². The summed E-state index contributed by atoms with van der Waals surface area (Å²) in [5.41, 5.74) is 5.40. The van der Waals surface area contributed by atoms with E-state index < -0.39 is 22.4 Å². The van der Waals surface area contributed by atoms with Gasteiger partial charge in [0, 0.05) is 23.4 Å². The zero-order valence-electron chi connectivity index (χ0n) is 9.36. The minimum atomic E-state index is -1.60. The first-order valence-corrected chi connectivity index (χ1v) is 5.09. The van der Waals surface area contributed by atoms with E-state index >= 15 is 0 Å². The first kappa shape index (κ1) is 12.9. The van der Waals surface area contributed by atoms with Crippen LogP contribution in [0.3, 0.4) is 0 Å². The van der Waals surface area contributed by atoms with Crippen molar-refractivity contribution in [2.45, 2.75) is 0 Å². The van der Waals surface area contributed by atoms with Crippen LogP contribution in [-0.2, 0) is 0 Å².